The minimum Gasteiger partial charge on any atom is -0.324 e. The van der Waals surface area contributed by atoms with Gasteiger partial charge >= 0.3 is 0 Å². The summed E-state index contributed by atoms with van der Waals surface area (Å²) in [6, 6.07) is 4.53. The fourth-order valence-corrected chi connectivity index (χ4v) is 2.73. The third kappa shape index (κ3) is 1.32. The Labute approximate surface area is 94.0 Å². The van der Waals surface area contributed by atoms with Gasteiger partial charge in [-0.1, -0.05) is 6.07 Å². The summed E-state index contributed by atoms with van der Waals surface area (Å²) in [5.74, 6) is 0. The molecule has 0 radical (unpaired) electrons. The fourth-order valence-electron chi connectivity index (χ4n) is 1.66. The lowest BCUT2D eigenvalue weighted by Crippen LogP contribution is -2.05. The molecule has 1 nitrogen and oxygen atoms in total. The van der Waals surface area contributed by atoms with Crippen LogP contribution in [0.4, 0.5) is 0 Å². The van der Waals surface area contributed by atoms with Gasteiger partial charge in [0.1, 0.15) is 0 Å². The second-order valence-electron chi connectivity index (χ2n) is 3.07. The second-order valence-corrected chi connectivity index (χ2v) is 5.03. The summed E-state index contributed by atoms with van der Waals surface area (Å²) in [6.07, 6.45) is 2.21. The third-order valence-electron chi connectivity index (χ3n) is 2.34. The van der Waals surface area contributed by atoms with Crippen LogP contribution in [-0.4, -0.2) is 0 Å². The average Bonchev–Trinajstić information content (AvgIpc) is 2.41. The van der Waals surface area contributed by atoms with E-state index in [4.69, 9.17) is 5.73 Å². The number of benzene rings is 1. The molecule has 1 aromatic carbocycles. The normalized spacial score (nSPS) is 21.1. The van der Waals surface area contributed by atoms with Gasteiger partial charge in [0.15, 0.2) is 0 Å². The molecule has 1 aromatic rings. The van der Waals surface area contributed by atoms with Gasteiger partial charge in [0, 0.05) is 14.1 Å². The van der Waals surface area contributed by atoms with Crippen molar-refractivity contribution < 1.29 is 0 Å². The standard InChI is InChI=1S/C9H9BrIN/c10-9-6-2-4-8(12)5(6)1-3-7(9)11/h1,3,8H,2,4,12H2/t8-/m1/s1. The summed E-state index contributed by atoms with van der Waals surface area (Å²) in [5, 5.41) is 0. The number of hydrogen-bond acceptors (Lipinski definition) is 1. The molecule has 0 bridgehead atoms. The molecule has 1 aliphatic rings. The van der Waals surface area contributed by atoms with Gasteiger partial charge in [-0.25, -0.2) is 0 Å². The molecule has 0 aliphatic heterocycles. The van der Waals surface area contributed by atoms with Crippen molar-refractivity contribution in [1.82, 2.24) is 0 Å². The summed E-state index contributed by atoms with van der Waals surface area (Å²) in [4.78, 5) is 0. The molecule has 3 heteroatoms. The molecule has 64 valence electrons. The zero-order valence-corrected chi connectivity index (χ0v) is 10.2. The molecule has 0 unspecified atom stereocenters. The molecular weight excluding hydrogens is 329 g/mol. The number of hydrogen-bond donors (Lipinski definition) is 1. The molecule has 0 saturated carbocycles. The van der Waals surface area contributed by atoms with Crippen molar-refractivity contribution in [1.29, 1.82) is 0 Å². The van der Waals surface area contributed by atoms with E-state index in [1.807, 2.05) is 0 Å². The minimum absolute atomic E-state index is 0.258. The molecule has 0 saturated heterocycles. The van der Waals surface area contributed by atoms with Crippen LogP contribution < -0.4 is 5.73 Å². The molecule has 0 spiro atoms. The van der Waals surface area contributed by atoms with Gasteiger partial charge in [-0.15, -0.1) is 0 Å². The van der Waals surface area contributed by atoms with Crippen molar-refractivity contribution in [2.24, 2.45) is 5.73 Å². The lowest BCUT2D eigenvalue weighted by Gasteiger charge is -2.06. The number of fused-ring (bicyclic) bond motifs is 1. The van der Waals surface area contributed by atoms with Crippen LogP contribution in [0, 0.1) is 3.57 Å². The lowest BCUT2D eigenvalue weighted by molar-refractivity contribution is 0.713. The average molecular weight is 338 g/mol. The van der Waals surface area contributed by atoms with E-state index in [9.17, 15) is 0 Å². The van der Waals surface area contributed by atoms with E-state index >= 15 is 0 Å². The summed E-state index contributed by atoms with van der Waals surface area (Å²) < 4.78 is 2.52. The van der Waals surface area contributed by atoms with Gasteiger partial charge in [0.05, 0.1) is 0 Å². The van der Waals surface area contributed by atoms with Crippen LogP contribution in [-0.2, 0) is 6.42 Å². The molecule has 1 atom stereocenters. The highest BCUT2D eigenvalue weighted by molar-refractivity contribution is 14.1. The second kappa shape index (κ2) is 3.27. The molecule has 0 fully saturated rings. The summed E-state index contributed by atoms with van der Waals surface area (Å²) in [6.45, 7) is 0. The maximum absolute atomic E-state index is 5.94. The molecule has 12 heavy (non-hydrogen) atoms. The number of nitrogens with two attached hydrogens (primary N) is 1. The first-order chi connectivity index (χ1) is 5.70. The highest BCUT2D eigenvalue weighted by Gasteiger charge is 2.21. The SMILES string of the molecule is N[C@@H]1CCc2c1ccc(I)c2Br. The van der Waals surface area contributed by atoms with E-state index in [2.05, 4.69) is 50.7 Å². The van der Waals surface area contributed by atoms with Crippen LogP contribution >= 0.6 is 38.5 Å². The van der Waals surface area contributed by atoms with Crippen molar-refractivity contribution >= 4 is 38.5 Å². The zero-order chi connectivity index (χ0) is 8.72. The zero-order valence-electron chi connectivity index (χ0n) is 6.48. The summed E-state index contributed by atoms with van der Waals surface area (Å²) in [7, 11) is 0. The van der Waals surface area contributed by atoms with E-state index < -0.39 is 0 Å². The molecule has 0 heterocycles. The monoisotopic (exact) mass is 337 g/mol. The van der Waals surface area contributed by atoms with E-state index in [1.54, 1.807) is 0 Å². The Kier molecular flexibility index (Phi) is 2.44. The van der Waals surface area contributed by atoms with E-state index in [1.165, 1.54) is 19.2 Å². The minimum atomic E-state index is 0.258. The van der Waals surface area contributed by atoms with Crippen LogP contribution in [0.25, 0.3) is 0 Å². The van der Waals surface area contributed by atoms with Gasteiger partial charge in [-0.3, -0.25) is 0 Å². The van der Waals surface area contributed by atoms with E-state index in [-0.39, 0.29) is 6.04 Å². The first-order valence-electron chi connectivity index (χ1n) is 3.92. The van der Waals surface area contributed by atoms with E-state index in [0.29, 0.717) is 0 Å². The van der Waals surface area contributed by atoms with Crippen LogP contribution in [0.5, 0.6) is 0 Å². The Bertz CT molecular complexity index is 325. The first kappa shape index (κ1) is 8.97. The van der Waals surface area contributed by atoms with E-state index in [0.717, 1.165) is 12.8 Å². The van der Waals surface area contributed by atoms with Crippen molar-refractivity contribution in [3.63, 3.8) is 0 Å². The predicted octanol–water partition coefficient (Wildman–Crippen LogP) is 3.00. The maximum Gasteiger partial charge on any atom is 0.0344 e. The highest BCUT2D eigenvalue weighted by Crippen LogP contribution is 2.36. The van der Waals surface area contributed by atoms with Gasteiger partial charge < -0.3 is 5.73 Å². The van der Waals surface area contributed by atoms with Crippen LogP contribution in [0.2, 0.25) is 0 Å². The highest BCUT2D eigenvalue weighted by atomic mass is 127. The molecule has 2 rings (SSSR count). The van der Waals surface area contributed by atoms with Crippen LogP contribution in [0.15, 0.2) is 16.6 Å². The van der Waals surface area contributed by atoms with Crippen LogP contribution in [0.3, 0.4) is 0 Å². The Balaban J connectivity index is 2.60. The third-order valence-corrected chi connectivity index (χ3v) is 4.88. The smallest absolute Gasteiger partial charge is 0.0344 e. The van der Waals surface area contributed by atoms with Crippen molar-refractivity contribution in [2.45, 2.75) is 18.9 Å². The molecule has 0 amide bonds. The maximum atomic E-state index is 5.94. The molecular formula is C9H9BrIN. The van der Waals surface area contributed by atoms with Crippen molar-refractivity contribution in [3.8, 4) is 0 Å². The predicted molar refractivity (Wildman–Crippen MR) is 62.1 cm³/mol. The molecule has 1 aliphatic carbocycles. The Morgan fingerprint density at radius 2 is 2.25 bits per heavy atom. The van der Waals surface area contributed by atoms with Gasteiger partial charge in [-0.05, 0) is 68.6 Å². The summed E-state index contributed by atoms with van der Waals surface area (Å²) >= 11 is 5.93. The Morgan fingerprint density at radius 1 is 1.50 bits per heavy atom. The van der Waals surface area contributed by atoms with Crippen LogP contribution in [0.1, 0.15) is 23.6 Å². The number of rotatable bonds is 0. The summed E-state index contributed by atoms with van der Waals surface area (Å²) in [5.41, 5.74) is 8.68. The lowest BCUT2D eigenvalue weighted by atomic mass is 10.1. The fraction of sp³-hybridized carbons (Fsp3) is 0.333. The Hall–Kier alpha value is 0.390. The largest absolute Gasteiger partial charge is 0.324 e. The first-order valence-corrected chi connectivity index (χ1v) is 5.79. The molecule has 2 N–H and O–H groups in total. The topological polar surface area (TPSA) is 26.0 Å². The van der Waals surface area contributed by atoms with Gasteiger partial charge in [-0.2, -0.15) is 0 Å². The Morgan fingerprint density at radius 3 is 3.00 bits per heavy atom. The molecule has 0 aromatic heterocycles. The van der Waals surface area contributed by atoms with Gasteiger partial charge in [0.2, 0.25) is 0 Å². The number of halogens is 2. The van der Waals surface area contributed by atoms with Crippen molar-refractivity contribution in [3.05, 3.63) is 31.3 Å². The van der Waals surface area contributed by atoms with Crippen molar-refractivity contribution in [2.75, 3.05) is 0 Å². The quantitative estimate of drug-likeness (QED) is 0.724. The van der Waals surface area contributed by atoms with Gasteiger partial charge in [0.25, 0.3) is 0 Å².